The maximum atomic E-state index is 10.5. The molecule has 0 radical (unpaired) electrons. The molecule has 0 spiro atoms. The molecular formula is C7H8ClNO3S. The number of anilines is 1. The summed E-state index contributed by atoms with van der Waals surface area (Å²) in [4.78, 5) is 0. The van der Waals surface area contributed by atoms with Crippen LogP contribution in [0.2, 0.25) is 5.02 Å². The molecule has 72 valence electrons. The molecule has 0 atom stereocenters. The maximum Gasteiger partial charge on any atom is 0.269 e. The molecule has 0 amide bonds. The van der Waals surface area contributed by atoms with Crippen molar-refractivity contribution in [2.45, 2.75) is 5.75 Å². The molecule has 1 aromatic rings. The Morgan fingerprint density at radius 1 is 1.46 bits per heavy atom. The van der Waals surface area contributed by atoms with E-state index < -0.39 is 15.9 Å². The highest BCUT2D eigenvalue weighted by Crippen LogP contribution is 2.19. The SMILES string of the molecule is Nc1ccc(Cl)cc1CS(=O)(=O)O. The van der Waals surface area contributed by atoms with E-state index in [0.29, 0.717) is 16.3 Å². The van der Waals surface area contributed by atoms with Crippen molar-refractivity contribution in [1.29, 1.82) is 0 Å². The fourth-order valence-corrected chi connectivity index (χ4v) is 1.73. The van der Waals surface area contributed by atoms with Crippen LogP contribution in [-0.4, -0.2) is 13.0 Å². The van der Waals surface area contributed by atoms with Crippen LogP contribution in [0.5, 0.6) is 0 Å². The smallest absolute Gasteiger partial charge is 0.269 e. The van der Waals surface area contributed by atoms with Gasteiger partial charge in [0, 0.05) is 10.7 Å². The van der Waals surface area contributed by atoms with Crippen LogP contribution in [0.3, 0.4) is 0 Å². The van der Waals surface area contributed by atoms with Gasteiger partial charge in [-0.05, 0) is 23.8 Å². The van der Waals surface area contributed by atoms with Crippen molar-refractivity contribution in [3.05, 3.63) is 28.8 Å². The van der Waals surface area contributed by atoms with Crippen LogP contribution in [-0.2, 0) is 15.9 Å². The van der Waals surface area contributed by atoms with E-state index in [4.69, 9.17) is 21.9 Å². The van der Waals surface area contributed by atoms with E-state index in [1.54, 1.807) is 6.07 Å². The molecule has 4 nitrogen and oxygen atoms in total. The molecule has 6 heteroatoms. The summed E-state index contributed by atoms with van der Waals surface area (Å²) in [6.45, 7) is 0. The molecule has 1 aromatic carbocycles. The number of halogens is 1. The Hall–Kier alpha value is -0.780. The van der Waals surface area contributed by atoms with E-state index in [1.165, 1.54) is 12.1 Å². The van der Waals surface area contributed by atoms with E-state index in [9.17, 15) is 8.42 Å². The fourth-order valence-electron chi connectivity index (χ4n) is 0.896. The molecule has 13 heavy (non-hydrogen) atoms. The predicted molar refractivity (Wildman–Crippen MR) is 51.1 cm³/mol. The lowest BCUT2D eigenvalue weighted by Crippen LogP contribution is -2.04. The number of hydrogen-bond acceptors (Lipinski definition) is 3. The van der Waals surface area contributed by atoms with E-state index in [0.717, 1.165) is 0 Å². The van der Waals surface area contributed by atoms with Gasteiger partial charge in [0.2, 0.25) is 0 Å². The van der Waals surface area contributed by atoms with Gasteiger partial charge < -0.3 is 5.73 Å². The molecule has 0 heterocycles. The Kier molecular flexibility index (Phi) is 2.80. The van der Waals surface area contributed by atoms with Crippen molar-refractivity contribution in [2.75, 3.05) is 5.73 Å². The highest BCUT2D eigenvalue weighted by atomic mass is 35.5. The fraction of sp³-hybridized carbons (Fsp3) is 0.143. The van der Waals surface area contributed by atoms with Gasteiger partial charge in [-0.1, -0.05) is 11.6 Å². The minimum absolute atomic E-state index is 0.294. The minimum Gasteiger partial charge on any atom is -0.398 e. The van der Waals surface area contributed by atoms with Crippen molar-refractivity contribution >= 4 is 27.4 Å². The average molecular weight is 222 g/mol. The lowest BCUT2D eigenvalue weighted by atomic mass is 10.2. The zero-order valence-electron chi connectivity index (χ0n) is 6.57. The summed E-state index contributed by atoms with van der Waals surface area (Å²) in [6, 6.07) is 4.44. The first-order valence-electron chi connectivity index (χ1n) is 3.37. The Balaban J connectivity index is 3.08. The Labute approximate surface area is 81.1 Å². The van der Waals surface area contributed by atoms with Gasteiger partial charge in [0.25, 0.3) is 10.1 Å². The molecule has 3 N–H and O–H groups in total. The predicted octanol–water partition coefficient (Wildman–Crippen LogP) is 1.31. The molecule has 0 fully saturated rings. The zero-order valence-corrected chi connectivity index (χ0v) is 8.14. The van der Waals surface area contributed by atoms with Crippen LogP contribution in [0.4, 0.5) is 5.69 Å². The number of rotatable bonds is 2. The number of nitrogen functional groups attached to an aromatic ring is 1. The summed E-state index contributed by atoms with van der Waals surface area (Å²) in [7, 11) is -4.06. The summed E-state index contributed by atoms with van der Waals surface area (Å²) in [6.07, 6.45) is 0. The van der Waals surface area contributed by atoms with Gasteiger partial charge in [-0.2, -0.15) is 8.42 Å². The molecule has 1 rings (SSSR count). The third-order valence-electron chi connectivity index (χ3n) is 1.44. The van der Waals surface area contributed by atoms with Gasteiger partial charge in [0.1, 0.15) is 5.75 Å². The molecule has 0 aliphatic carbocycles. The third kappa shape index (κ3) is 3.22. The molecule has 0 aromatic heterocycles. The van der Waals surface area contributed by atoms with Crippen molar-refractivity contribution in [1.82, 2.24) is 0 Å². The topological polar surface area (TPSA) is 80.4 Å². The molecule has 0 saturated carbocycles. The van der Waals surface area contributed by atoms with Crippen LogP contribution in [0.1, 0.15) is 5.56 Å². The summed E-state index contributed by atoms with van der Waals surface area (Å²) < 4.78 is 29.6. The molecule has 0 aliphatic heterocycles. The van der Waals surface area contributed by atoms with Crippen molar-refractivity contribution in [3.8, 4) is 0 Å². The second-order valence-electron chi connectivity index (χ2n) is 2.57. The van der Waals surface area contributed by atoms with Gasteiger partial charge in [-0.3, -0.25) is 4.55 Å². The number of hydrogen-bond donors (Lipinski definition) is 2. The summed E-state index contributed by atoms with van der Waals surface area (Å²) in [5, 5.41) is 0.382. The quantitative estimate of drug-likeness (QED) is 0.583. The van der Waals surface area contributed by atoms with Crippen LogP contribution < -0.4 is 5.73 Å². The van der Waals surface area contributed by atoms with Crippen LogP contribution in [0.15, 0.2) is 18.2 Å². The lowest BCUT2D eigenvalue weighted by Gasteiger charge is -2.03. The van der Waals surface area contributed by atoms with Crippen molar-refractivity contribution in [3.63, 3.8) is 0 Å². The molecule has 0 bridgehead atoms. The van der Waals surface area contributed by atoms with E-state index in [2.05, 4.69) is 0 Å². The second kappa shape index (κ2) is 3.53. The molecule has 0 unspecified atom stereocenters. The van der Waals surface area contributed by atoms with Crippen LogP contribution in [0, 0.1) is 0 Å². The minimum atomic E-state index is -4.06. The molecule has 0 aliphatic rings. The number of nitrogens with two attached hydrogens (primary N) is 1. The van der Waals surface area contributed by atoms with Gasteiger partial charge in [0.15, 0.2) is 0 Å². The normalized spacial score (nSPS) is 11.5. The first-order valence-corrected chi connectivity index (χ1v) is 5.36. The van der Waals surface area contributed by atoms with Gasteiger partial charge in [-0.25, -0.2) is 0 Å². The van der Waals surface area contributed by atoms with Crippen LogP contribution in [0.25, 0.3) is 0 Å². The first-order chi connectivity index (χ1) is 5.88. The van der Waals surface area contributed by atoms with Gasteiger partial charge >= 0.3 is 0 Å². The largest absolute Gasteiger partial charge is 0.398 e. The third-order valence-corrected chi connectivity index (χ3v) is 2.35. The summed E-state index contributed by atoms with van der Waals surface area (Å²) >= 11 is 5.61. The van der Waals surface area contributed by atoms with E-state index in [-0.39, 0.29) is 0 Å². The first kappa shape index (κ1) is 10.3. The number of benzene rings is 1. The molecular weight excluding hydrogens is 214 g/mol. The van der Waals surface area contributed by atoms with Crippen molar-refractivity contribution in [2.24, 2.45) is 0 Å². The lowest BCUT2D eigenvalue weighted by molar-refractivity contribution is 0.482. The Bertz CT molecular complexity index is 416. The standard InChI is InChI=1S/C7H8ClNO3S/c8-6-1-2-7(9)5(3-6)4-13(10,11)12/h1-3H,4,9H2,(H,10,11,12). The van der Waals surface area contributed by atoms with E-state index in [1.807, 2.05) is 0 Å². The summed E-state index contributed by atoms with van der Waals surface area (Å²) in [5.41, 5.74) is 6.06. The molecule has 0 saturated heterocycles. The highest BCUT2D eigenvalue weighted by molar-refractivity contribution is 7.85. The van der Waals surface area contributed by atoms with E-state index >= 15 is 0 Å². The second-order valence-corrected chi connectivity index (χ2v) is 4.46. The van der Waals surface area contributed by atoms with Gasteiger partial charge in [-0.15, -0.1) is 0 Å². The Morgan fingerprint density at radius 2 is 2.08 bits per heavy atom. The zero-order chi connectivity index (χ0) is 10.1. The monoisotopic (exact) mass is 221 g/mol. The Morgan fingerprint density at radius 3 is 2.62 bits per heavy atom. The highest BCUT2D eigenvalue weighted by Gasteiger charge is 2.09. The van der Waals surface area contributed by atoms with Gasteiger partial charge in [0.05, 0.1) is 0 Å². The summed E-state index contributed by atoms with van der Waals surface area (Å²) in [5.74, 6) is -0.514. The average Bonchev–Trinajstić information content (AvgIpc) is 1.94. The maximum absolute atomic E-state index is 10.5. The van der Waals surface area contributed by atoms with Crippen molar-refractivity contribution < 1.29 is 13.0 Å². The van der Waals surface area contributed by atoms with Crippen LogP contribution >= 0.6 is 11.6 Å².